The number of anilines is 2. The lowest BCUT2D eigenvalue weighted by atomic mass is 10.1. The molecule has 2 aliphatic heterocycles. The summed E-state index contributed by atoms with van der Waals surface area (Å²) in [4.78, 5) is 50.8. The second-order valence-corrected chi connectivity index (χ2v) is 7.75. The largest absolute Gasteiger partial charge is 0.322 e. The molecule has 2 saturated heterocycles. The highest BCUT2D eigenvalue weighted by Crippen LogP contribution is 2.31. The predicted molar refractivity (Wildman–Crippen MR) is 112 cm³/mol. The van der Waals surface area contributed by atoms with Crippen LogP contribution in [-0.4, -0.2) is 35.1 Å². The molecule has 2 aliphatic rings. The Morgan fingerprint density at radius 3 is 2.23 bits per heavy atom. The standard InChI is InChI=1S/C22H20ClN3O4/c23-17-12-16(7-8-18(17)25-11-1-2-19(25)27)24-22(30)15-5-3-14(4-6-15)13-26-20(28)9-10-21(26)29/h3-8,12H,1-2,9-11,13H2,(H,24,30). The van der Waals surface area contributed by atoms with E-state index in [-0.39, 0.29) is 43.0 Å². The van der Waals surface area contributed by atoms with Crippen molar-refractivity contribution in [3.8, 4) is 0 Å². The molecule has 30 heavy (non-hydrogen) atoms. The molecule has 2 fully saturated rings. The van der Waals surface area contributed by atoms with Crippen LogP contribution in [0.25, 0.3) is 0 Å². The Bertz CT molecular complexity index is 1020. The first-order valence-electron chi connectivity index (χ1n) is 9.76. The first-order chi connectivity index (χ1) is 14.4. The second-order valence-electron chi connectivity index (χ2n) is 7.34. The molecule has 0 atom stereocenters. The van der Waals surface area contributed by atoms with Crippen molar-refractivity contribution in [3.63, 3.8) is 0 Å². The van der Waals surface area contributed by atoms with E-state index in [1.807, 2.05) is 0 Å². The topological polar surface area (TPSA) is 86.8 Å². The molecular formula is C22H20ClN3O4. The third-order valence-corrected chi connectivity index (χ3v) is 5.58. The number of benzene rings is 2. The fourth-order valence-corrected chi connectivity index (χ4v) is 3.94. The van der Waals surface area contributed by atoms with Crippen LogP contribution in [0.4, 0.5) is 11.4 Å². The molecule has 8 heteroatoms. The summed E-state index contributed by atoms with van der Waals surface area (Å²) >= 11 is 6.32. The molecule has 0 radical (unpaired) electrons. The van der Waals surface area contributed by atoms with Gasteiger partial charge < -0.3 is 10.2 Å². The Hall–Kier alpha value is -3.19. The van der Waals surface area contributed by atoms with Gasteiger partial charge in [0.25, 0.3) is 5.91 Å². The van der Waals surface area contributed by atoms with Crippen molar-refractivity contribution in [2.24, 2.45) is 0 Å². The van der Waals surface area contributed by atoms with Crippen LogP contribution in [0.1, 0.15) is 41.6 Å². The van der Waals surface area contributed by atoms with Gasteiger partial charge in [-0.15, -0.1) is 0 Å². The summed E-state index contributed by atoms with van der Waals surface area (Å²) in [5, 5.41) is 3.19. The Kier molecular flexibility index (Phi) is 5.55. The number of halogens is 1. The van der Waals surface area contributed by atoms with Gasteiger partial charge in [-0.1, -0.05) is 23.7 Å². The zero-order valence-corrected chi connectivity index (χ0v) is 16.9. The van der Waals surface area contributed by atoms with E-state index in [4.69, 9.17) is 11.6 Å². The smallest absolute Gasteiger partial charge is 0.255 e. The minimum Gasteiger partial charge on any atom is -0.322 e. The van der Waals surface area contributed by atoms with Crippen molar-refractivity contribution in [1.29, 1.82) is 0 Å². The van der Waals surface area contributed by atoms with Gasteiger partial charge in [0.1, 0.15) is 0 Å². The lowest BCUT2D eigenvalue weighted by molar-refractivity contribution is -0.139. The molecule has 0 saturated carbocycles. The summed E-state index contributed by atoms with van der Waals surface area (Å²) in [6, 6.07) is 11.8. The van der Waals surface area contributed by atoms with E-state index in [9.17, 15) is 19.2 Å². The maximum absolute atomic E-state index is 12.5. The van der Waals surface area contributed by atoms with Gasteiger partial charge in [-0.25, -0.2) is 0 Å². The average Bonchev–Trinajstić information content (AvgIpc) is 3.29. The number of amides is 4. The summed E-state index contributed by atoms with van der Waals surface area (Å²) in [5.74, 6) is -0.599. The molecule has 0 bridgehead atoms. The Morgan fingerprint density at radius 2 is 1.63 bits per heavy atom. The van der Waals surface area contributed by atoms with Crippen molar-refractivity contribution in [3.05, 3.63) is 58.6 Å². The molecule has 2 aromatic carbocycles. The number of rotatable bonds is 5. The molecule has 0 unspecified atom stereocenters. The van der Waals surface area contributed by atoms with E-state index in [1.54, 1.807) is 47.4 Å². The van der Waals surface area contributed by atoms with Gasteiger partial charge in [0.15, 0.2) is 0 Å². The maximum Gasteiger partial charge on any atom is 0.255 e. The second kappa shape index (κ2) is 8.28. The molecule has 0 spiro atoms. The first-order valence-corrected chi connectivity index (χ1v) is 10.1. The number of carbonyl (C=O) groups excluding carboxylic acids is 4. The number of hydrogen-bond acceptors (Lipinski definition) is 4. The van der Waals surface area contributed by atoms with Crippen LogP contribution in [0.5, 0.6) is 0 Å². The van der Waals surface area contributed by atoms with E-state index in [1.165, 1.54) is 4.90 Å². The van der Waals surface area contributed by atoms with Gasteiger partial charge in [-0.05, 0) is 42.3 Å². The van der Waals surface area contributed by atoms with E-state index in [0.717, 1.165) is 12.0 Å². The van der Waals surface area contributed by atoms with Crippen molar-refractivity contribution in [2.75, 3.05) is 16.8 Å². The lowest BCUT2D eigenvalue weighted by Crippen LogP contribution is -2.28. The molecule has 4 amide bonds. The fourth-order valence-electron chi connectivity index (χ4n) is 3.65. The van der Waals surface area contributed by atoms with Crippen LogP contribution in [0.15, 0.2) is 42.5 Å². The minimum atomic E-state index is -0.309. The fraction of sp³-hybridized carbons (Fsp3) is 0.273. The van der Waals surface area contributed by atoms with Gasteiger partial charge in [0, 0.05) is 37.1 Å². The molecule has 0 aliphatic carbocycles. The summed E-state index contributed by atoms with van der Waals surface area (Å²) in [6.07, 6.45) is 1.84. The summed E-state index contributed by atoms with van der Waals surface area (Å²) < 4.78 is 0. The Balaban J connectivity index is 1.41. The van der Waals surface area contributed by atoms with Crippen molar-refractivity contribution in [1.82, 2.24) is 4.90 Å². The highest BCUT2D eigenvalue weighted by atomic mass is 35.5. The first kappa shape index (κ1) is 20.1. The third-order valence-electron chi connectivity index (χ3n) is 5.28. The summed E-state index contributed by atoms with van der Waals surface area (Å²) in [5.41, 5.74) is 2.39. The van der Waals surface area contributed by atoms with Crippen LogP contribution in [0, 0.1) is 0 Å². The zero-order valence-electron chi connectivity index (χ0n) is 16.2. The van der Waals surface area contributed by atoms with Crippen LogP contribution >= 0.6 is 11.6 Å². The summed E-state index contributed by atoms with van der Waals surface area (Å²) in [6.45, 7) is 0.858. The highest BCUT2D eigenvalue weighted by molar-refractivity contribution is 6.34. The predicted octanol–water partition coefficient (Wildman–Crippen LogP) is 3.37. The van der Waals surface area contributed by atoms with Gasteiger partial charge in [-0.3, -0.25) is 24.1 Å². The molecule has 2 heterocycles. The quantitative estimate of drug-likeness (QED) is 0.744. The van der Waals surface area contributed by atoms with Crippen molar-refractivity contribution in [2.45, 2.75) is 32.2 Å². The van der Waals surface area contributed by atoms with E-state index < -0.39 is 0 Å². The number of imide groups is 1. The van der Waals surface area contributed by atoms with Crippen LogP contribution in [0.2, 0.25) is 5.02 Å². The molecule has 4 rings (SSSR count). The zero-order chi connectivity index (χ0) is 21.3. The molecular weight excluding hydrogens is 406 g/mol. The number of hydrogen-bond donors (Lipinski definition) is 1. The van der Waals surface area contributed by atoms with E-state index in [0.29, 0.717) is 34.9 Å². The average molecular weight is 426 g/mol. The number of nitrogens with zero attached hydrogens (tertiary/aromatic N) is 2. The van der Waals surface area contributed by atoms with Crippen LogP contribution in [-0.2, 0) is 20.9 Å². The number of carbonyl (C=O) groups is 4. The maximum atomic E-state index is 12.5. The highest BCUT2D eigenvalue weighted by Gasteiger charge is 2.28. The number of nitrogens with one attached hydrogen (secondary N) is 1. The number of likely N-dealkylation sites (tertiary alicyclic amines) is 1. The monoisotopic (exact) mass is 425 g/mol. The van der Waals surface area contributed by atoms with E-state index >= 15 is 0 Å². The van der Waals surface area contributed by atoms with E-state index in [2.05, 4.69) is 5.32 Å². The van der Waals surface area contributed by atoms with Gasteiger partial charge in [0.2, 0.25) is 17.7 Å². The van der Waals surface area contributed by atoms with Crippen LogP contribution < -0.4 is 10.2 Å². The van der Waals surface area contributed by atoms with Gasteiger partial charge in [-0.2, -0.15) is 0 Å². The Morgan fingerprint density at radius 1 is 0.933 bits per heavy atom. The Labute approximate surface area is 178 Å². The molecule has 7 nitrogen and oxygen atoms in total. The SMILES string of the molecule is O=C(Nc1ccc(N2CCCC2=O)c(Cl)c1)c1ccc(CN2C(=O)CCC2=O)cc1. The van der Waals surface area contributed by atoms with Gasteiger partial charge in [0.05, 0.1) is 17.3 Å². The normalized spacial score (nSPS) is 16.5. The van der Waals surface area contributed by atoms with Crippen LogP contribution in [0.3, 0.4) is 0 Å². The lowest BCUT2D eigenvalue weighted by Gasteiger charge is -2.18. The molecule has 2 aromatic rings. The molecule has 1 N–H and O–H groups in total. The summed E-state index contributed by atoms with van der Waals surface area (Å²) in [7, 11) is 0. The van der Waals surface area contributed by atoms with Crippen molar-refractivity contribution < 1.29 is 19.2 Å². The minimum absolute atomic E-state index is 0.0473. The molecule has 0 aromatic heterocycles. The van der Waals surface area contributed by atoms with Gasteiger partial charge >= 0.3 is 0 Å². The third kappa shape index (κ3) is 4.07. The molecule has 154 valence electrons. The van der Waals surface area contributed by atoms with Crippen molar-refractivity contribution >= 4 is 46.6 Å².